The molecular weight excluding hydrogens is 816 g/mol. The van der Waals surface area contributed by atoms with Gasteiger partial charge in [0.15, 0.2) is 6.35 Å². The van der Waals surface area contributed by atoms with Crippen molar-refractivity contribution in [1.82, 2.24) is 9.80 Å². The van der Waals surface area contributed by atoms with Crippen molar-refractivity contribution in [1.29, 1.82) is 0 Å². The van der Waals surface area contributed by atoms with E-state index < -0.39 is 43.9 Å². The van der Waals surface area contributed by atoms with E-state index in [0.29, 0.717) is 40.8 Å². The molecule has 3 atom stereocenters. The Labute approximate surface area is 367 Å². The Kier molecular flexibility index (Phi) is 14.8. The molecule has 7 rings (SSSR count). The second kappa shape index (κ2) is 21.0. The summed E-state index contributed by atoms with van der Waals surface area (Å²) in [6, 6.07) is 47.5. The number of urea groups is 1. The number of benzene rings is 6. The van der Waals surface area contributed by atoms with E-state index in [1.165, 1.54) is 0 Å². The third kappa shape index (κ3) is 11.9. The maximum Gasteiger partial charge on any atom is 0.368 e. The highest BCUT2D eigenvalue weighted by atomic mass is 31.2. The number of carbonyl (C=O) groups is 3. The molecule has 324 valence electrons. The molecule has 5 N–H and O–H groups in total. The summed E-state index contributed by atoms with van der Waals surface area (Å²) in [6.45, 7) is 0.188. The van der Waals surface area contributed by atoms with Gasteiger partial charge >= 0.3 is 13.6 Å². The van der Waals surface area contributed by atoms with Crippen LogP contribution in [0.2, 0.25) is 0 Å². The van der Waals surface area contributed by atoms with E-state index in [-0.39, 0.29) is 44.3 Å². The van der Waals surface area contributed by atoms with Gasteiger partial charge in [-0.2, -0.15) is 0 Å². The molecular formula is C50H51N4O8P. The molecule has 13 heteroatoms. The first-order valence-corrected chi connectivity index (χ1v) is 22.5. The van der Waals surface area contributed by atoms with Crippen LogP contribution in [-0.4, -0.2) is 57.3 Å². The molecule has 0 bridgehead atoms. The van der Waals surface area contributed by atoms with Crippen molar-refractivity contribution >= 4 is 25.4 Å². The average Bonchev–Trinajstić information content (AvgIpc) is 3.31. The van der Waals surface area contributed by atoms with Crippen LogP contribution < -0.4 is 16.2 Å². The minimum absolute atomic E-state index is 0.0315. The van der Waals surface area contributed by atoms with E-state index in [4.69, 9.17) is 25.3 Å². The van der Waals surface area contributed by atoms with Gasteiger partial charge in [-0.05, 0) is 83.0 Å². The number of hydrogen-bond donors (Lipinski definition) is 3. The summed E-state index contributed by atoms with van der Waals surface area (Å²) in [5.41, 5.74) is 16.5. The number of nitrogens with two attached hydrogens (primary N) is 2. The number of rotatable bonds is 20. The molecule has 0 saturated carbocycles. The number of aryl methyl sites for hydroxylation is 1. The van der Waals surface area contributed by atoms with Crippen LogP contribution >= 0.6 is 7.60 Å². The molecule has 6 aromatic carbocycles. The second-order valence-electron chi connectivity index (χ2n) is 15.5. The average molecular weight is 867 g/mol. The van der Waals surface area contributed by atoms with Crippen molar-refractivity contribution in [2.24, 2.45) is 11.5 Å². The Balaban J connectivity index is 1.21. The zero-order valence-corrected chi connectivity index (χ0v) is 35.7. The molecule has 0 spiro atoms. The number of primary amides is 2. The van der Waals surface area contributed by atoms with Crippen molar-refractivity contribution in [3.8, 4) is 5.75 Å². The van der Waals surface area contributed by atoms with Crippen LogP contribution in [0.15, 0.2) is 164 Å². The number of amides is 4. The molecule has 0 radical (unpaired) electrons. The molecule has 63 heavy (non-hydrogen) atoms. The number of para-hydroxylation sites is 1. The van der Waals surface area contributed by atoms with Crippen molar-refractivity contribution in [3.05, 3.63) is 208 Å². The second-order valence-corrected chi connectivity index (χ2v) is 17.5. The molecule has 3 unspecified atom stereocenters. The van der Waals surface area contributed by atoms with Crippen molar-refractivity contribution < 1.29 is 37.8 Å². The molecule has 1 aliphatic rings. The van der Waals surface area contributed by atoms with Crippen molar-refractivity contribution in [3.63, 3.8) is 0 Å². The number of aliphatic hydroxyl groups is 1. The summed E-state index contributed by atoms with van der Waals surface area (Å²) in [5.74, 6) is -0.827. The van der Waals surface area contributed by atoms with Crippen LogP contribution in [0.1, 0.15) is 60.5 Å². The van der Waals surface area contributed by atoms with Gasteiger partial charge in [0, 0.05) is 24.2 Å². The third-order valence-corrected chi connectivity index (χ3v) is 12.6. The summed E-state index contributed by atoms with van der Waals surface area (Å²) >= 11 is 0. The van der Waals surface area contributed by atoms with Crippen LogP contribution in [0.25, 0.3) is 0 Å². The normalized spacial score (nSPS) is 16.5. The zero-order valence-electron chi connectivity index (χ0n) is 34.8. The fourth-order valence-corrected chi connectivity index (χ4v) is 9.01. The number of carbonyl (C=O) groups excluding carboxylic acids is 3. The van der Waals surface area contributed by atoms with Gasteiger partial charge in [0.2, 0.25) is 11.8 Å². The minimum Gasteiger partial charge on any atom is -0.481 e. The smallest absolute Gasteiger partial charge is 0.368 e. The molecule has 1 aliphatic heterocycles. The fourth-order valence-electron chi connectivity index (χ4n) is 7.79. The van der Waals surface area contributed by atoms with E-state index in [9.17, 15) is 19.3 Å². The predicted molar refractivity (Wildman–Crippen MR) is 240 cm³/mol. The van der Waals surface area contributed by atoms with Gasteiger partial charge in [-0.25, -0.2) is 4.79 Å². The lowest BCUT2D eigenvalue weighted by Crippen LogP contribution is -2.66. The first-order chi connectivity index (χ1) is 30.5. The first-order valence-electron chi connectivity index (χ1n) is 20.8. The lowest BCUT2D eigenvalue weighted by molar-refractivity contribution is -0.0454. The van der Waals surface area contributed by atoms with Gasteiger partial charge in [-0.3, -0.25) is 14.2 Å². The maximum absolute atomic E-state index is 15.1. The van der Waals surface area contributed by atoms with Gasteiger partial charge in [-0.1, -0.05) is 133 Å². The highest BCUT2D eigenvalue weighted by Crippen LogP contribution is 2.50. The number of aliphatic hydroxyl groups excluding tert-OH is 1. The fraction of sp³-hybridized carbons (Fsp3) is 0.220. The summed E-state index contributed by atoms with van der Waals surface area (Å²) in [6.07, 6.45) is -0.370. The molecule has 0 aliphatic carbocycles. The van der Waals surface area contributed by atoms with E-state index in [0.717, 1.165) is 16.7 Å². The van der Waals surface area contributed by atoms with Gasteiger partial charge in [0.25, 0.3) is 0 Å². The van der Waals surface area contributed by atoms with Crippen LogP contribution in [0.5, 0.6) is 5.75 Å². The van der Waals surface area contributed by atoms with Crippen molar-refractivity contribution in [2.75, 3.05) is 6.35 Å². The monoisotopic (exact) mass is 866 g/mol. The topological polar surface area (TPSA) is 175 Å². The molecule has 6 aromatic rings. The molecule has 1 fully saturated rings. The first kappa shape index (κ1) is 44.5. The largest absolute Gasteiger partial charge is 0.481 e. The number of nitrogens with zero attached hydrogens (tertiary/aromatic N) is 2. The van der Waals surface area contributed by atoms with E-state index >= 15 is 4.79 Å². The standard InChI is InChI=1S/C50H51N4O8P/c51-48(56)42-23-12-20-39(28-42)31-53-44(27-26-36-14-4-1-5-15-36)47(55)45(54(50(53)58)32-40-21-13-24-43(29-40)49(52)57)30-41-22-10-11-25-46(41)60-35-63(59,61-33-37-16-6-2-7-17-37)62-34-38-18-8-3-9-19-38/h1-25,28-29,44-45,47,55H,26-27,30-35H2,(H2,51,56)(H2,52,57). The van der Waals surface area contributed by atoms with Gasteiger partial charge < -0.3 is 40.2 Å². The Morgan fingerprint density at radius 1 is 0.587 bits per heavy atom. The molecule has 1 saturated heterocycles. The minimum atomic E-state index is -3.88. The van der Waals surface area contributed by atoms with Crippen molar-refractivity contribution in [2.45, 2.75) is 63.8 Å². The summed E-state index contributed by atoms with van der Waals surface area (Å²) in [5, 5.41) is 12.7. The van der Waals surface area contributed by atoms with Gasteiger partial charge in [0.1, 0.15) is 5.75 Å². The van der Waals surface area contributed by atoms with E-state index in [2.05, 4.69) is 0 Å². The number of ether oxygens (including phenoxy) is 1. The Hall–Kier alpha value is -6.56. The molecule has 1 heterocycles. The number of hydrogen-bond acceptors (Lipinski definition) is 8. The Morgan fingerprint density at radius 2 is 1.05 bits per heavy atom. The van der Waals surface area contributed by atoms with Crippen LogP contribution in [-0.2, 0) is 52.8 Å². The molecule has 4 amide bonds. The third-order valence-electron chi connectivity index (χ3n) is 11.1. The zero-order chi connectivity index (χ0) is 44.2. The maximum atomic E-state index is 15.1. The lowest BCUT2D eigenvalue weighted by Gasteiger charge is -2.49. The van der Waals surface area contributed by atoms with Gasteiger partial charge in [0.05, 0.1) is 31.4 Å². The lowest BCUT2D eigenvalue weighted by atomic mass is 9.87. The predicted octanol–water partition coefficient (Wildman–Crippen LogP) is 8.26. The van der Waals surface area contributed by atoms with E-state index in [1.807, 2.05) is 109 Å². The van der Waals surface area contributed by atoms with Gasteiger partial charge in [-0.15, -0.1) is 0 Å². The van der Waals surface area contributed by atoms with Crippen LogP contribution in [0.3, 0.4) is 0 Å². The molecule has 12 nitrogen and oxygen atoms in total. The quantitative estimate of drug-likeness (QED) is 0.0643. The Bertz CT molecular complexity index is 2480. The van der Waals surface area contributed by atoms with E-state index in [1.54, 1.807) is 64.4 Å². The molecule has 0 aromatic heterocycles. The summed E-state index contributed by atoms with van der Waals surface area (Å²) < 4.78 is 32.8. The summed E-state index contributed by atoms with van der Waals surface area (Å²) in [4.78, 5) is 42.8. The summed E-state index contributed by atoms with van der Waals surface area (Å²) in [7, 11) is -3.88. The highest BCUT2D eigenvalue weighted by molar-refractivity contribution is 7.53. The SMILES string of the molecule is NC(=O)c1cccc(CN2C(=O)N(Cc3cccc(C(N)=O)c3)C(Cc3ccccc3OCP(=O)(OCc3ccccc3)OCc3ccccc3)C(O)C2CCc2ccccc2)c1. The highest BCUT2D eigenvalue weighted by Gasteiger charge is 2.46. The Morgan fingerprint density at radius 3 is 1.57 bits per heavy atom. The van der Waals surface area contributed by atoms with Crippen LogP contribution in [0.4, 0.5) is 4.79 Å². The van der Waals surface area contributed by atoms with Crippen LogP contribution in [0, 0.1) is 0 Å².